The standard InChI is InChI=1S/C4H8S4/c1-2-3(5)4(6,7)8/h2,5-8H,1H3/b3-2-. The van der Waals surface area contributed by atoms with Crippen molar-refractivity contribution in [3.63, 3.8) is 0 Å². The van der Waals surface area contributed by atoms with Gasteiger partial charge in [0.2, 0.25) is 0 Å². The van der Waals surface area contributed by atoms with Crippen molar-refractivity contribution in [2.24, 2.45) is 0 Å². The van der Waals surface area contributed by atoms with Crippen LogP contribution in [0.15, 0.2) is 11.0 Å². The van der Waals surface area contributed by atoms with Crippen LogP contribution in [0.1, 0.15) is 6.92 Å². The van der Waals surface area contributed by atoms with E-state index in [0.717, 1.165) is 4.91 Å². The van der Waals surface area contributed by atoms with Gasteiger partial charge in [-0.15, -0.1) is 50.5 Å². The summed E-state index contributed by atoms with van der Waals surface area (Å²) in [4.78, 5) is 0.743. The van der Waals surface area contributed by atoms with Gasteiger partial charge in [0.05, 0.1) is 0 Å². The predicted octanol–water partition coefficient (Wildman–Crippen LogP) is 2.26. The molecule has 4 heteroatoms. The summed E-state index contributed by atoms with van der Waals surface area (Å²) in [6.07, 6.45) is 1.80. The fourth-order valence-corrected chi connectivity index (χ4v) is 0.581. The third-order valence-electron chi connectivity index (χ3n) is 0.617. The number of hydrogen-bond donors (Lipinski definition) is 4. The fourth-order valence-electron chi connectivity index (χ4n) is 0.194. The van der Waals surface area contributed by atoms with E-state index >= 15 is 0 Å². The Labute approximate surface area is 71.8 Å². The molecule has 0 rings (SSSR count). The van der Waals surface area contributed by atoms with Crippen LogP contribution < -0.4 is 0 Å². The molecular formula is C4H8S4. The van der Waals surface area contributed by atoms with E-state index in [2.05, 4.69) is 50.5 Å². The van der Waals surface area contributed by atoms with Crippen LogP contribution >= 0.6 is 50.5 Å². The highest BCUT2D eigenvalue weighted by atomic mass is 32.2. The van der Waals surface area contributed by atoms with Gasteiger partial charge in [0.15, 0.2) is 0 Å². The SMILES string of the molecule is C/C=C(\S)C(S)(S)S. The summed E-state index contributed by atoms with van der Waals surface area (Å²) in [5, 5.41) is 0. The van der Waals surface area contributed by atoms with Gasteiger partial charge in [-0.05, 0) is 6.92 Å². The van der Waals surface area contributed by atoms with Gasteiger partial charge in [0, 0.05) is 4.91 Å². The number of hydrogen-bond acceptors (Lipinski definition) is 4. The molecule has 0 aliphatic rings. The first-order chi connectivity index (χ1) is 3.48. The van der Waals surface area contributed by atoms with E-state index in [1.54, 1.807) is 6.08 Å². The topological polar surface area (TPSA) is 0 Å². The molecule has 0 nitrogen and oxygen atoms in total. The van der Waals surface area contributed by atoms with E-state index in [9.17, 15) is 0 Å². The minimum Gasteiger partial charge on any atom is -0.146 e. The van der Waals surface area contributed by atoms with E-state index in [-0.39, 0.29) is 0 Å². The number of rotatable bonds is 1. The van der Waals surface area contributed by atoms with Gasteiger partial charge in [0.1, 0.15) is 3.41 Å². The molecule has 0 aliphatic heterocycles. The van der Waals surface area contributed by atoms with Crippen LogP contribution in [-0.2, 0) is 0 Å². The maximum Gasteiger partial charge on any atom is 0.129 e. The molecule has 0 aliphatic carbocycles. The average Bonchev–Trinajstić information content (AvgIpc) is 1.62. The van der Waals surface area contributed by atoms with Gasteiger partial charge >= 0.3 is 0 Å². The summed E-state index contributed by atoms with van der Waals surface area (Å²) >= 11 is 16.1. The second-order valence-corrected chi connectivity index (χ2v) is 4.86. The van der Waals surface area contributed by atoms with Crippen molar-refractivity contribution in [1.29, 1.82) is 0 Å². The van der Waals surface area contributed by atoms with Crippen molar-refractivity contribution < 1.29 is 0 Å². The summed E-state index contributed by atoms with van der Waals surface area (Å²) in [7, 11) is 0. The fraction of sp³-hybridized carbons (Fsp3) is 0.500. The highest BCUT2D eigenvalue weighted by Gasteiger charge is 2.15. The smallest absolute Gasteiger partial charge is 0.129 e. The van der Waals surface area contributed by atoms with Crippen LogP contribution in [0, 0.1) is 0 Å². The van der Waals surface area contributed by atoms with Crippen LogP contribution in [0.25, 0.3) is 0 Å². The van der Waals surface area contributed by atoms with Crippen molar-refractivity contribution in [2.45, 2.75) is 10.3 Å². The van der Waals surface area contributed by atoms with Gasteiger partial charge in [-0.25, -0.2) is 0 Å². The third kappa shape index (κ3) is 3.22. The van der Waals surface area contributed by atoms with Crippen LogP contribution in [0.4, 0.5) is 0 Å². The second-order valence-electron chi connectivity index (χ2n) is 1.31. The van der Waals surface area contributed by atoms with Crippen molar-refractivity contribution in [1.82, 2.24) is 0 Å². The van der Waals surface area contributed by atoms with E-state index in [4.69, 9.17) is 0 Å². The van der Waals surface area contributed by atoms with Crippen LogP contribution in [0.3, 0.4) is 0 Å². The zero-order chi connectivity index (χ0) is 6.78. The highest BCUT2D eigenvalue weighted by molar-refractivity contribution is 8.18. The number of thiol groups is 4. The Morgan fingerprint density at radius 2 is 1.75 bits per heavy atom. The molecule has 0 bridgehead atoms. The van der Waals surface area contributed by atoms with Gasteiger partial charge in [-0.2, -0.15) is 0 Å². The van der Waals surface area contributed by atoms with E-state index in [1.165, 1.54) is 0 Å². The minimum atomic E-state index is -0.683. The molecule has 8 heavy (non-hydrogen) atoms. The molecule has 0 spiro atoms. The molecule has 0 aromatic heterocycles. The Morgan fingerprint density at radius 1 is 1.38 bits per heavy atom. The maximum atomic E-state index is 4.04. The second kappa shape index (κ2) is 3.34. The lowest BCUT2D eigenvalue weighted by molar-refractivity contribution is 1.50. The summed E-state index contributed by atoms with van der Waals surface area (Å²) in [6.45, 7) is 1.86. The van der Waals surface area contributed by atoms with Crippen LogP contribution in [0.2, 0.25) is 0 Å². The molecule has 0 saturated carbocycles. The Hall–Kier alpha value is 1.14. The molecule has 0 atom stereocenters. The first kappa shape index (κ1) is 9.14. The molecule has 0 aromatic rings. The molecule has 48 valence electrons. The first-order valence-electron chi connectivity index (χ1n) is 2.01. The van der Waals surface area contributed by atoms with Gasteiger partial charge in [-0.1, -0.05) is 6.08 Å². The molecule has 0 aromatic carbocycles. The van der Waals surface area contributed by atoms with Gasteiger partial charge in [0.25, 0.3) is 0 Å². The summed E-state index contributed by atoms with van der Waals surface area (Å²) in [6, 6.07) is 0. The summed E-state index contributed by atoms with van der Waals surface area (Å²) in [5.41, 5.74) is 0. The van der Waals surface area contributed by atoms with Gasteiger partial charge in [-0.3, -0.25) is 0 Å². The van der Waals surface area contributed by atoms with E-state index in [1.807, 2.05) is 6.92 Å². The molecule has 0 unspecified atom stereocenters. The largest absolute Gasteiger partial charge is 0.146 e. The van der Waals surface area contributed by atoms with Crippen molar-refractivity contribution in [2.75, 3.05) is 0 Å². The molecule has 0 saturated heterocycles. The normalized spacial score (nSPS) is 14.4. The summed E-state index contributed by atoms with van der Waals surface area (Å²) < 4.78 is -0.683. The molecule has 0 fully saturated rings. The molecular weight excluding hydrogens is 176 g/mol. The summed E-state index contributed by atoms with van der Waals surface area (Å²) in [5.74, 6) is 0. The lowest BCUT2D eigenvalue weighted by Crippen LogP contribution is -2.01. The van der Waals surface area contributed by atoms with Crippen molar-refractivity contribution in [3.8, 4) is 0 Å². The van der Waals surface area contributed by atoms with Gasteiger partial charge < -0.3 is 0 Å². The monoisotopic (exact) mass is 184 g/mol. The zero-order valence-corrected chi connectivity index (χ0v) is 7.94. The van der Waals surface area contributed by atoms with Crippen LogP contribution in [0.5, 0.6) is 0 Å². The predicted molar refractivity (Wildman–Crippen MR) is 52.4 cm³/mol. The van der Waals surface area contributed by atoms with Crippen molar-refractivity contribution >= 4 is 50.5 Å². The Bertz CT molecular complexity index is 99.1. The minimum absolute atomic E-state index is 0.683. The van der Waals surface area contributed by atoms with E-state index in [0.29, 0.717) is 0 Å². The van der Waals surface area contributed by atoms with E-state index < -0.39 is 3.41 Å². The Morgan fingerprint density at radius 3 is 1.75 bits per heavy atom. The maximum absolute atomic E-state index is 4.04. The highest BCUT2D eigenvalue weighted by Crippen LogP contribution is 2.34. The quantitative estimate of drug-likeness (QED) is 0.349. The number of allylic oxidation sites excluding steroid dienone is 1. The zero-order valence-electron chi connectivity index (χ0n) is 4.37. The molecule has 0 N–H and O–H groups in total. The first-order valence-corrected chi connectivity index (χ1v) is 3.80. The van der Waals surface area contributed by atoms with Crippen LogP contribution in [-0.4, -0.2) is 3.41 Å². The third-order valence-corrected chi connectivity index (χ3v) is 2.46. The van der Waals surface area contributed by atoms with Crippen molar-refractivity contribution in [3.05, 3.63) is 11.0 Å². The Balaban J connectivity index is 4.03. The lowest BCUT2D eigenvalue weighted by atomic mass is 10.6. The lowest BCUT2D eigenvalue weighted by Gasteiger charge is -2.13. The molecule has 0 radical (unpaired) electrons. The molecule has 0 heterocycles. The molecule has 0 amide bonds. The average molecular weight is 184 g/mol. The Kier molecular flexibility index (Phi) is 3.82.